The first-order valence-corrected chi connectivity index (χ1v) is 8.90. The number of ether oxygens (including phenoxy) is 2. The number of nitrogens with zero attached hydrogens (tertiary/aromatic N) is 1. The van der Waals surface area contributed by atoms with Crippen molar-refractivity contribution < 1.29 is 19.1 Å². The summed E-state index contributed by atoms with van der Waals surface area (Å²) in [6.07, 6.45) is 5.78. The molecule has 2 N–H and O–H groups in total. The Labute approximate surface area is 149 Å². The number of unbranched alkanes of at least 4 members (excludes halogenated alkanes) is 3. The van der Waals surface area contributed by atoms with Crippen LogP contribution in [-0.4, -0.2) is 36.7 Å². The number of hydrogen-bond acceptors (Lipinski definition) is 5. The number of rotatable bonds is 12. The van der Waals surface area contributed by atoms with Crippen LogP contribution in [0.4, 0.5) is 4.79 Å². The zero-order valence-electron chi connectivity index (χ0n) is 15.2. The largest absolute Gasteiger partial charge is 0.478 e. The second-order valence-electron chi connectivity index (χ2n) is 5.51. The van der Waals surface area contributed by atoms with Crippen molar-refractivity contribution in [2.24, 2.45) is 0 Å². The fourth-order valence-corrected chi connectivity index (χ4v) is 2.22. The van der Waals surface area contributed by atoms with Gasteiger partial charge in [-0.1, -0.05) is 12.8 Å². The van der Waals surface area contributed by atoms with Gasteiger partial charge in [0, 0.05) is 31.8 Å². The van der Waals surface area contributed by atoms with Crippen molar-refractivity contribution in [2.45, 2.75) is 52.5 Å². The molecule has 1 aromatic rings. The zero-order chi connectivity index (χ0) is 18.3. The molecule has 7 nitrogen and oxygen atoms in total. The number of pyridine rings is 1. The van der Waals surface area contributed by atoms with Gasteiger partial charge in [-0.3, -0.25) is 4.79 Å². The van der Waals surface area contributed by atoms with E-state index in [2.05, 4.69) is 15.6 Å². The normalized spacial score (nSPS) is 10.2. The molecule has 1 rings (SSSR count). The van der Waals surface area contributed by atoms with Crippen molar-refractivity contribution >= 4 is 12.0 Å². The van der Waals surface area contributed by atoms with E-state index in [1.807, 2.05) is 19.1 Å². The van der Waals surface area contributed by atoms with Crippen molar-refractivity contribution in [3.05, 3.63) is 23.9 Å². The van der Waals surface area contributed by atoms with Crippen LogP contribution >= 0.6 is 0 Å². The van der Waals surface area contributed by atoms with Crippen molar-refractivity contribution in [1.82, 2.24) is 15.6 Å². The van der Waals surface area contributed by atoms with E-state index >= 15 is 0 Å². The van der Waals surface area contributed by atoms with Crippen LogP contribution in [-0.2, 0) is 16.1 Å². The minimum Gasteiger partial charge on any atom is -0.478 e. The van der Waals surface area contributed by atoms with Crippen molar-refractivity contribution in [2.75, 3.05) is 19.8 Å². The number of amides is 2. The van der Waals surface area contributed by atoms with Crippen LogP contribution in [0.5, 0.6) is 5.88 Å². The summed E-state index contributed by atoms with van der Waals surface area (Å²) < 4.78 is 10.2. The van der Waals surface area contributed by atoms with Gasteiger partial charge in [0.05, 0.1) is 13.2 Å². The van der Waals surface area contributed by atoms with Crippen LogP contribution < -0.4 is 15.4 Å². The van der Waals surface area contributed by atoms with E-state index in [4.69, 9.17) is 9.47 Å². The lowest BCUT2D eigenvalue weighted by Gasteiger charge is -2.09. The van der Waals surface area contributed by atoms with Gasteiger partial charge in [-0.2, -0.15) is 0 Å². The molecule has 0 aliphatic carbocycles. The molecule has 0 aliphatic rings. The number of urea groups is 1. The van der Waals surface area contributed by atoms with Crippen LogP contribution in [0.1, 0.15) is 51.5 Å². The third-order valence-corrected chi connectivity index (χ3v) is 3.44. The highest BCUT2D eigenvalue weighted by atomic mass is 16.5. The quantitative estimate of drug-likeness (QED) is 0.446. The van der Waals surface area contributed by atoms with E-state index in [1.54, 1.807) is 13.1 Å². The molecule has 0 saturated heterocycles. The Morgan fingerprint density at radius 1 is 1.08 bits per heavy atom. The van der Waals surface area contributed by atoms with Gasteiger partial charge in [-0.15, -0.1) is 0 Å². The summed E-state index contributed by atoms with van der Waals surface area (Å²) in [5.41, 5.74) is 0.938. The standard InChI is InChI=1S/C18H29N3O4/c1-3-24-16-13-15(10-12-19-16)14-21-18(23)20-11-8-6-5-7-9-17(22)25-4-2/h10,12-13H,3-9,11,14H2,1-2H3,(H2,20,21,23). The number of hydrogen-bond donors (Lipinski definition) is 2. The van der Waals surface area contributed by atoms with E-state index < -0.39 is 0 Å². The van der Waals surface area contributed by atoms with Crippen molar-refractivity contribution in [3.63, 3.8) is 0 Å². The predicted molar refractivity (Wildman–Crippen MR) is 95.4 cm³/mol. The molecule has 0 aromatic carbocycles. The van der Waals surface area contributed by atoms with Crippen molar-refractivity contribution in [3.8, 4) is 5.88 Å². The van der Waals surface area contributed by atoms with E-state index in [0.29, 0.717) is 38.6 Å². The summed E-state index contributed by atoms with van der Waals surface area (Å²) in [4.78, 5) is 27.0. The van der Waals surface area contributed by atoms with E-state index in [9.17, 15) is 9.59 Å². The van der Waals surface area contributed by atoms with Crippen molar-refractivity contribution in [1.29, 1.82) is 0 Å². The summed E-state index contributed by atoms with van der Waals surface area (Å²) in [6, 6.07) is 3.46. The van der Waals surface area contributed by atoms with Gasteiger partial charge in [0.2, 0.25) is 5.88 Å². The molecule has 0 spiro atoms. The molecule has 0 fully saturated rings. The maximum atomic E-state index is 11.7. The third-order valence-electron chi connectivity index (χ3n) is 3.44. The van der Waals surface area contributed by atoms with Crippen LogP contribution in [0, 0.1) is 0 Å². The monoisotopic (exact) mass is 351 g/mol. The lowest BCUT2D eigenvalue weighted by atomic mass is 10.1. The average molecular weight is 351 g/mol. The lowest BCUT2D eigenvalue weighted by molar-refractivity contribution is -0.143. The van der Waals surface area contributed by atoms with Gasteiger partial charge in [0.25, 0.3) is 0 Å². The highest BCUT2D eigenvalue weighted by Crippen LogP contribution is 2.08. The molecular weight excluding hydrogens is 322 g/mol. The summed E-state index contributed by atoms with van der Waals surface area (Å²) in [5.74, 6) is 0.425. The second kappa shape index (κ2) is 13.0. The van der Waals surface area contributed by atoms with Gasteiger partial charge in [-0.25, -0.2) is 9.78 Å². The number of esters is 1. The van der Waals surface area contributed by atoms with Gasteiger partial charge >= 0.3 is 12.0 Å². The zero-order valence-corrected chi connectivity index (χ0v) is 15.2. The number of carbonyl (C=O) groups excluding carboxylic acids is 2. The molecule has 7 heteroatoms. The van der Waals surface area contributed by atoms with Gasteiger partial charge < -0.3 is 20.1 Å². The highest BCUT2D eigenvalue weighted by Gasteiger charge is 2.03. The Kier molecular flexibility index (Phi) is 10.8. The van der Waals surface area contributed by atoms with Gasteiger partial charge in [-0.05, 0) is 38.3 Å². The maximum Gasteiger partial charge on any atom is 0.315 e. The first-order chi connectivity index (χ1) is 12.2. The lowest BCUT2D eigenvalue weighted by Crippen LogP contribution is -2.35. The maximum absolute atomic E-state index is 11.7. The van der Waals surface area contributed by atoms with Crippen LogP contribution in [0.25, 0.3) is 0 Å². The van der Waals surface area contributed by atoms with E-state index in [-0.39, 0.29) is 12.0 Å². The Hall–Kier alpha value is -2.31. The topological polar surface area (TPSA) is 89.5 Å². The molecule has 1 heterocycles. The molecule has 0 saturated carbocycles. The number of aromatic nitrogens is 1. The Bertz CT molecular complexity index is 523. The molecule has 140 valence electrons. The Morgan fingerprint density at radius 2 is 1.88 bits per heavy atom. The predicted octanol–water partition coefficient (Wildman–Crippen LogP) is 2.79. The van der Waals surface area contributed by atoms with Gasteiger partial charge in [0.15, 0.2) is 0 Å². The molecule has 0 aliphatic heterocycles. The summed E-state index contributed by atoms with van der Waals surface area (Å²) >= 11 is 0. The molecule has 0 atom stereocenters. The summed E-state index contributed by atoms with van der Waals surface area (Å²) in [7, 11) is 0. The first-order valence-electron chi connectivity index (χ1n) is 8.90. The summed E-state index contributed by atoms with van der Waals surface area (Å²) in [6.45, 7) is 5.74. The highest BCUT2D eigenvalue weighted by molar-refractivity contribution is 5.73. The molecule has 0 bridgehead atoms. The number of carbonyl (C=O) groups is 2. The minimum absolute atomic E-state index is 0.136. The van der Waals surface area contributed by atoms with Crippen LogP contribution in [0.15, 0.2) is 18.3 Å². The molecule has 25 heavy (non-hydrogen) atoms. The first kappa shape index (κ1) is 20.7. The summed E-state index contributed by atoms with van der Waals surface area (Å²) in [5, 5.41) is 5.63. The fraction of sp³-hybridized carbons (Fsp3) is 0.611. The smallest absolute Gasteiger partial charge is 0.315 e. The van der Waals surface area contributed by atoms with Crippen LogP contribution in [0.2, 0.25) is 0 Å². The molecule has 0 radical (unpaired) electrons. The second-order valence-corrected chi connectivity index (χ2v) is 5.51. The minimum atomic E-state index is -0.193. The Morgan fingerprint density at radius 3 is 2.64 bits per heavy atom. The third kappa shape index (κ3) is 10.2. The molecule has 2 amide bonds. The van der Waals surface area contributed by atoms with E-state index in [1.165, 1.54) is 0 Å². The average Bonchev–Trinajstić information content (AvgIpc) is 2.60. The molecular formula is C18H29N3O4. The number of nitrogens with one attached hydrogen (secondary N) is 2. The Balaban J connectivity index is 2.05. The van der Waals surface area contributed by atoms with Gasteiger partial charge in [0.1, 0.15) is 0 Å². The van der Waals surface area contributed by atoms with Crippen LogP contribution in [0.3, 0.4) is 0 Å². The molecule has 0 unspecified atom stereocenters. The SMILES string of the molecule is CCOC(=O)CCCCCCNC(=O)NCc1ccnc(OCC)c1. The fourth-order valence-electron chi connectivity index (χ4n) is 2.22. The van der Waals surface area contributed by atoms with E-state index in [0.717, 1.165) is 31.2 Å². The molecule has 1 aromatic heterocycles.